The van der Waals surface area contributed by atoms with E-state index < -0.39 is 0 Å². The highest BCUT2D eigenvalue weighted by Gasteiger charge is 1.93. The third kappa shape index (κ3) is 5.47. The van der Waals surface area contributed by atoms with Gasteiger partial charge >= 0.3 is 0 Å². The Hall–Kier alpha value is -1.31. The highest BCUT2D eigenvalue weighted by molar-refractivity contribution is 6.00. The number of hydrogen-bond acceptors (Lipinski definition) is 2. The molecule has 0 saturated carbocycles. The van der Waals surface area contributed by atoms with Gasteiger partial charge in [-0.1, -0.05) is 50.4 Å². The van der Waals surface area contributed by atoms with Crippen LogP contribution in [0.1, 0.15) is 20.8 Å². The van der Waals surface area contributed by atoms with Crippen LogP contribution in [0.3, 0.4) is 0 Å². The molecule has 68 valence electrons. The summed E-state index contributed by atoms with van der Waals surface area (Å²) >= 11 is 0. The monoisotopic (exact) mass is 167 g/mol. The largest absolute Gasteiger partial charge is 0.411 e. The normalized spacial score (nSPS) is 11.2. The summed E-state index contributed by atoms with van der Waals surface area (Å²) in [6, 6.07) is 0. The molecule has 0 spiro atoms. The lowest BCUT2D eigenvalue weighted by molar-refractivity contribution is 0.319. The van der Waals surface area contributed by atoms with Crippen LogP contribution in [0.5, 0.6) is 0 Å². The minimum Gasteiger partial charge on any atom is -0.411 e. The summed E-state index contributed by atoms with van der Waals surface area (Å²) in [6.45, 7) is 12.7. The lowest BCUT2D eigenvalue weighted by atomic mass is 10.1. The second-order valence-electron chi connectivity index (χ2n) is 1.75. The number of allylic oxidation sites excluding steroid dienone is 4. The summed E-state index contributed by atoms with van der Waals surface area (Å²) in [6.07, 6.45) is 4.95. The van der Waals surface area contributed by atoms with E-state index in [1.807, 2.05) is 13.8 Å². The van der Waals surface area contributed by atoms with E-state index in [-0.39, 0.29) is 0 Å². The summed E-state index contributed by atoms with van der Waals surface area (Å²) in [5, 5.41) is 11.3. The zero-order valence-electron chi connectivity index (χ0n) is 8.04. The first-order valence-corrected chi connectivity index (χ1v) is 3.90. The Balaban J connectivity index is 0. The van der Waals surface area contributed by atoms with Gasteiger partial charge in [-0.05, 0) is 12.5 Å². The molecule has 0 aromatic carbocycles. The van der Waals surface area contributed by atoms with Gasteiger partial charge in [-0.3, -0.25) is 0 Å². The molecule has 12 heavy (non-hydrogen) atoms. The van der Waals surface area contributed by atoms with Crippen LogP contribution in [0, 0.1) is 0 Å². The second-order valence-corrected chi connectivity index (χ2v) is 1.75. The average molecular weight is 167 g/mol. The van der Waals surface area contributed by atoms with Gasteiger partial charge < -0.3 is 5.21 Å². The van der Waals surface area contributed by atoms with Crippen molar-refractivity contribution in [1.29, 1.82) is 0 Å². The fourth-order valence-electron chi connectivity index (χ4n) is 0.521. The van der Waals surface area contributed by atoms with Crippen molar-refractivity contribution in [3.05, 3.63) is 37.0 Å². The van der Waals surface area contributed by atoms with E-state index in [2.05, 4.69) is 18.3 Å². The van der Waals surface area contributed by atoms with Gasteiger partial charge in [0.15, 0.2) is 0 Å². The first-order valence-electron chi connectivity index (χ1n) is 3.90. The average Bonchev–Trinajstić information content (AvgIpc) is 2.16. The van der Waals surface area contributed by atoms with Crippen molar-refractivity contribution in [3.8, 4) is 0 Å². The van der Waals surface area contributed by atoms with Gasteiger partial charge in [-0.2, -0.15) is 0 Å². The molecule has 0 unspecified atom stereocenters. The molecule has 2 nitrogen and oxygen atoms in total. The molecule has 0 aliphatic carbocycles. The van der Waals surface area contributed by atoms with E-state index in [0.29, 0.717) is 5.71 Å². The predicted octanol–water partition coefficient (Wildman–Crippen LogP) is 3.16. The van der Waals surface area contributed by atoms with Crippen LogP contribution >= 0.6 is 0 Å². The van der Waals surface area contributed by atoms with E-state index in [0.717, 1.165) is 5.57 Å². The highest BCUT2D eigenvalue weighted by Crippen LogP contribution is 1.98. The molecule has 2 heteroatoms. The van der Waals surface area contributed by atoms with Crippen molar-refractivity contribution in [2.24, 2.45) is 5.16 Å². The molecular formula is C10H17NO. The molecule has 0 bridgehead atoms. The molecule has 0 radical (unpaired) electrons. The molecule has 0 aromatic heterocycles. The van der Waals surface area contributed by atoms with Crippen LogP contribution < -0.4 is 0 Å². The maximum atomic E-state index is 8.33. The number of hydrogen-bond donors (Lipinski definition) is 1. The molecule has 0 amide bonds. The molecule has 0 fully saturated rings. The van der Waals surface area contributed by atoms with Crippen LogP contribution in [0.15, 0.2) is 42.1 Å². The Morgan fingerprint density at radius 3 is 2.08 bits per heavy atom. The number of rotatable bonds is 3. The summed E-state index contributed by atoms with van der Waals surface area (Å²) in [7, 11) is 0. The molecule has 0 aliphatic rings. The lowest BCUT2D eigenvalue weighted by Crippen LogP contribution is -1.92. The van der Waals surface area contributed by atoms with Gasteiger partial charge in [-0.15, -0.1) is 0 Å². The molecule has 0 atom stereocenters. The molecule has 0 saturated heterocycles. The van der Waals surface area contributed by atoms with Gasteiger partial charge in [0.2, 0.25) is 0 Å². The molecule has 0 rings (SSSR count). The fourth-order valence-corrected chi connectivity index (χ4v) is 0.521. The fraction of sp³-hybridized carbons (Fsp3) is 0.300. The van der Waals surface area contributed by atoms with Gasteiger partial charge in [0.25, 0.3) is 0 Å². The van der Waals surface area contributed by atoms with Crippen molar-refractivity contribution in [3.63, 3.8) is 0 Å². The maximum absolute atomic E-state index is 8.33. The van der Waals surface area contributed by atoms with Crippen LogP contribution in [-0.2, 0) is 0 Å². The highest BCUT2D eigenvalue weighted by atomic mass is 16.4. The van der Waals surface area contributed by atoms with E-state index in [9.17, 15) is 0 Å². The first-order chi connectivity index (χ1) is 5.76. The molecule has 0 aliphatic heterocycles. The van der Waals surface area contributed by atoms with Crippen molar-refractivity contribution in [2.45, 2.75) is 20.8 Å². The Bertz CT molecular complexity index is 190. The second kappa shape index (κ2) is 9.69. The summed E-state index contributed by atoms with van der Waals surface area (Å²) in [5.41, 5.74) is 1.31. The standard InChI is InChI=1S/C8H11NO.C2H6/c1-4-6-8(5-2)7(3)9-10;1-2/h4-6,10H,1-2H2,3H3;1-2H3/b8-6+,9-7?;. The third-order valence-electron chi connectivity index (χ3n) is 1.09. The van der Waals surface area contributed by atoms with Crippen LogP contribution in [0.4, 0.5) is 0 Å². The van der Waals surface area contributed by atoms with Crippen molar-refractivity contribution < 1.29 is 5.21 Å². The Morgan fingerprint density at radius 2 is 1.83 bits per heavy atom. The molecule has 1 N–H and O–H groups in total. The van der Waals surface area contributed by atoms with E-state index in [4.69, 9.17) is 5.21 Å². The number of oxime groups is 1. The summed E-state index contributed by atoms with van der Waals surface area (Å²) in [5.74, 6) is 0. The van der Waals surface area contributed by atoms with Crippen molar-refractivity contribution in [2.75, 3.05) is 0 Å². The molecule has 0 aromatic rings. The maximum Gasteiger partial charge on any atom is 0.0836 e. The van der Waals surface area contributed by atoms with Crippen molar-refractivity contribution in [1.82, 2.24) is 0 Å². The predicted molar refractivity (Wildman–Crippen MR) is 54.7 cm³/mol. The van der Waals surface area contributed by atoms with E-state index >= 15 is 0 Å². The topological polar surface area (TPSA) is 32.6 Å². The summed E-state index contributed by atoms with van der Waals surface area (Å²) < 4.78 is 0. The summed E-state index contributed by atoms with van der Waals surface area (Å²) in [4.78, 5) is 0. The Kier molecular flexibility index (Phi) is 10.7. The molecule has 0 heterocycles. The third-order valence-corrected chi connectivity index (χ3v) is 1.09. The minimum atomic E-state index is 0.537. The zero-order chi connectivity index (χ0) is 9.98. The zero-order valence-corrected chi connectivity index (χ0v) is 8.04. The van der Waals surface area contributed by atoms with Crippen LogP contribution in [0.2, 0.25) is 0 Å². The van der Waals surface area contributed by atoms with Gasteiger partial charge in [-0.25, -0.2) is 0 Å². The Morgan fingerprint density at radius 1 is 1.33 bits per heavy atom. The minimum absolute atomic E-state index is 0.537. The Labute approximate surface area is 74.6 Å². The van der Waals surface area contributed by atoms with Gasteiger partial charge in [0, 0.05) is 0 Å². The molecular weight excluding hydrogens is 150 g/mol. The lowest BCUT2D eigenvalue weighted by Gasteiger charge is -1.94. The van der Waals surface area contributed by atoms with Gasteiger partial charge in [0.1, 0.15) is 0 Å². The van der Waals surface area contributed by atoms with Crippen molar-refractivity contribution >= 4 is 5.71 Å². The van der Waals surface area contributed by atoms with Gasteiger partial charge in [0.05, 0.1) is 5.71 Å². The van der Waals surface area contributed by atoms with Crippen LogP contribution in [-0.4, -0.2) is 10.9 Å². The van der Waals surface area contributed by atoms with E-state index in [1.54, 1.807) is 25.2 Å². The van der Waals surface area contributed by atoms with E-state index in [1.165, 1.54) is 0 Å². The van der Waals surface area contributed by atoms with Crippen LogP contribution in [0.25, 0.3) is 0 Å². The quantitative estimate of drug-likeness (QED) is 0.298. The first kappa shape index (κ1) is 13.3. The SMILES string of the molecule is C=C/C=C(\C=C)C(C)=NO.CC. The smallest absolute Gasteiger partial charge is 0.0836 e. The number of nitrogens with zero attached hydrogens (tertiary/aromatic N) is 1.